The largest absolute Gasteiger partial charge is 0.480 e. The van der Waals surface area contributed by atoms with Crippen LogP contribution in [0.1, 0.15) is 31.0 Å². The molecule has 2 N–H and O–H groups in total. The number of hydrazine groups is 1. The van der Waals surface area contributed by atoms with Crippen molar-refractivity contribution in [3.05, 3.63) is 59.7 Å². The highest BCUT2D eigenvalue weighted by atomic mass is 16.5. The summed E-state index contributed by atoms with van der Waals surface area (Å²) < 4.78 is 4.95. The summed E-state index contributed by atoms with van der Waals surface area (Å²) in [7, 11) is 1.29. The molecule has 1 aliphatic rings. The Balaban J connectivity index is 2.10. The van der Waals surface area contributed by atoms with Crippen molar-refractivity contribution in [2.45, 2.75) is 25.9 Å². The van der Waals surface area contributed by atoms with Crippen molar-refractivity contribution in [2.24, 2.45) is 5.92 Å². The van der Waals surface area contributed by atoms with E-state index in [1.807, 2.05) is 48.5 Å². The van der Waals surface area contributed by atoms with Gasteiger partial charge in [0.2, 0.25) is 0 Å². The zero-order chi connectivity index (χ0) is 18.8. The molecule has 0 aromatic heterocycles. The molecule has 0 unspecified atom stereocenters. The fourth-order valence-electron chi connectivity index (χ4n) is 3.38. The number of benzene rings is 2. The van der Waals surface area contributed by atoms with E-state index in [9.17, 15) is 14.7 Å². The second-order valence-corrected chi connectivity index (χ2v) is 6.61. The maximum Gasteiger partial charge on any atom is 0.424 e. The molecule has 2 aromatic carbocycles. The van der Waals surface area contributed by atoms with E-state index < -0.39 is 24.1 Å². The fourth-order valence-corrected chi connectivity index (χ4v) is 3.38. The van der Waals surface area contributed by atoms with Crippen LogP contribution in [-0.4, -0.2) is 35.3 Å². The number of hydrogen-bond donors (Lipinski definition) is 2. The van der Waals surface area contributed by atoms with Crippen molar-refractivity contribution in [2.75, 3.05) is 7.11 Å². The third-order valence-electron chi connectivity index (χ3n) is 4.64. The number of carbonyl (C=O) groups is 2. The topological polar surface area (TPSA) is 78.9 Å². The second-order valence-electron chi connectivity index (χ2n) is 6.61. The number of carboxylic acids is 1. The zero-order valence-electron chi connectivity index (χ0n) is 15.0. The van der Waals surface area contributed by atoms with Gasteiger partial charge in [0.15, 0.2) is 0 Å². The van der Waals surface area contributed by atoms with Crippen LogP contribution in [0.15, 0.2) is 48.5 Å². The molecule has 0 fully saturated rings. The van der Waals surface area contributed by atoms with Crippen LogP contribution in [0, 0.1) is 5.92 Å². The van der Waals surface area contributed by atoms with Gasteiger partial charge < -0.3 is 9.84 Å². The van der Waals surface area contributed by atoms with Gasteiger partial charge in [-0.2, -0.15) is 0 Å². The van der Waals surface area contributed by atoms with Crippen molar-refractivity contribution >= 4 is 12.1 Å². The summed E-state index contributed by atoms with van der Waals surface area (Å²) in [6.45, 7) is 3.58. The Hall–Kier alpha value is -2.86. The Morgan fingerprint density at radius 1 is 1.04 bits per heavy atom. The van der Waals surface area contributed by atoms with Crippen LogP contribution in [0.3, 0.4) is 0 Å². The highest BCUT2D eigenvalue weighted by molar-refractivity contribution is 5.81. The van der Waals surface area contributed by atoms with E-state index in [1.54, 1.807) is 13.8 Å². The molecule has 6 nitrogen and oxygen atoms in total. The lowest BCUT2D eigenvalue weighted by atomic mass is 10.0. The van der Waals surface area contributed by atoms with Crippen LogP contribution in [0.4, 0.5) is 4.79 Å². The van der Waals surface area contributed by atoms with E-state index in [2.05, 4.69) is 5.43 Å². The molecule has 0 radical (unpaired) electrons. The number of rotatable bonds is 5. The molecule has 1 aliphatic carbocycles. The van der Waals surface area contributed by atoms with E-state index in [4.69, 9.17) is 4.74 Å². The SMILES string of the molecule is COC(=O)N(N[C@H](C(=O)O)C(C)C)C1c2ccccc2-c2ccccc21. The standard InChI is InChI=1S/C20H22N2O4/c1-12(2)17(19(23)24)21-22(20(25)26-3)18-15-10-6-4-8-13(15)14-9-5-7-11-16(14)18/h4-12,17-18,21H,1-3H3,(H,23,24)/t17-/m0/s1. The highest BCUT2D eigenvalue weighted by Crippen LogP contribution is 2.45. The van der Waals surface area contributed by atoms with Crippen LogP contribution >= 0.6 is 0 Å². The van der Waals surface area contributed by atoms with Crippen LogP contribution in [-0.2, 0) is 9.53 Å². The first-order valence-corrected chi connectivity index (χ1v) is 8.50. The predicted molar refractivity (Wildman–Crippen MR) is 97.4 cm³/mol. The highest BCUT2D eigenvalue weighted by Gasteiger charge is 2.38. The van der Waals surface area contributed by atoms with Gasteiger partial charge in [-0.25, -0.2) is 15.2 Å². The Kier molecular flexibility index (Phi) is 4.95. The number of nitrogens with one attached hydrogen (secondary N) is 1. The summed E-state index contributed by atoms with van der Waals surface area (Å²) in [5.74, 6) is -1.24. The van der Waals surface area contributed by atoms with E-state index in [-0.39, 0.29) is 5.92 Å². The molecule has 2 aromatic rings. The van der Waals surface area contributed by atoms with E-state index in [0.717, 1.165) is 22.3 Å². The number of carboxylic acid groups (broad SMARTS) is 1. The average Bonchev–Trinajstić information content (AvgIpc) is 2.96. The summed E-state index contributed by atoms with van der Waals surface area (Å²) in [5.41, 5.74) is 6.80. The Bertz CT molecular complexity index is 789. The van der Waals surface area contributed by atoms with Crippen molar-refractivity contribution in [3.8, 4) is 11.1 Å². The molecule has 3 rings (SSSR count). The van der Waals surface area contributed by atoms with E-state index in [1.165, 1.54) is 12.1 Å². The van der Waals surface area contributed by atoms with E-state index in [0.29, 0.717) is 0 Å². The lowest BCUT2D eigenvalue weighted by Crippen LogP contribution is -2.54. The summed E-state index contributed by atoms with van der Waals surface area (Å²) in [6.07, 6.45) is -0.631. The smallest absolute Gasteiger partial charge is 0.424 e. The molecular formula is C20H22N2O4. The molecular weight excluding hydrogens is 332 g/mol. The van der Waals surface area contributed by atoms with Crippen LogP contribution in [0.25, 0.3) is 11.1 Å². The van der Waals surface area contributed by atoms with Gasteiger partial charge in [0.25, 0.3) is 0 Å². The third-order valence-corrected chi connectivity index (χ3v) is 4.64. The Morgan fingerprint density at radius 3 is 1.96 bits per heavy atom. The van der Waals surface area contributed by atoms with Crippen molar-refractivity contribution < 1.29 is 19.4 Å². The minimum absolute atomic E-state index is 0.216. The molecule has 6 heteroatoms. The van der Waals surface area contributed by atoms with Gasteiger partial charge in [0, 0.05) is 0 Å². The van der Waals surface area contributed by atoms with Gasteiger partial charge in [0.1, 0.15) is 12.1 Å². The van der Waals surface area contributed by atoms with Gasteiger partial charge >= 0.3 is 12.1 Å². The number of ether oxygens (including phenoxy) is 1. The fraction of sp³-hybridized carbons (Fsp3) is 0.300. The van der Waals surface area contributed by atoms with Gasteiger partial charge in [-0.05, 0) is 28.2 Å². The zero-order valence-corrected chi connectivity index (χ0v) is 15.0. The first-order valence-electron chi connectivity index (χ1n) is 8.50. The second kappa shape index (κ2) is 7.17. The summed E-state index contributed by atoms with van der Waals surface area (Å²) in [4.78, 5) is 24.2. The minimum atomic E-state index is -1.02. The van der Waals surface area contributed by atoms with Gasteiger partial charge in [-0.15, -0.1) is 0 Å². The molecule has 0 heterocycles. The van der Waals surface area contributed by atoms with Crippen molar-refractivity contribution in [1.82, 2.24) is 10.4 Å². The lowest BCUT2D eigenvalue weighted by Gasteiger charge is -2.33. The van der Waals surface area contributed by atoms with Crippen LogP contribution in [0.5, 0.6) is 0 Å². The normalized spacial score (nSPS) is 13.8. The predicted octanol–water partition coefficient (Wildman–Crippen LogP) is 3.44. The monoisotopic (exact) mass is 354 g/mol. The van der Waals surface area contributed by atoms with E-state index >= 15 is 0 Å². The lowest BCUT2D eigenvalue weighted by molar-refractivity contribution is -0.142. The van der Waals surface area contributed by atoms with Crippen molar-refractivity contribution in [3.63, 3.8) is 0 Å². The molecule has 136 valence electrons. The first-order chi connectivity index (χ1) is 12.5. The van der Waals surface area contributed by atoms with Crippen molar-refractivity contribution in [1.29, 1.82) is 0 Å². The average molecular weight is 354 g/mol. The van der Waals surface area contributed by atoms with Crippen LogP contribution < -0.4 is 5.43 Å². The third kappa shape index (κ3) is 3.04. The molecule has 0 aliphatic heterocycles. The van der Waals surface area contributed by atoms with Gasteiger partial charge in [-0.1, -0.05) is 62.4 Å². The maximum absolute atomic E-state index is 12.5. The number of nitrogens with zero attached hydrogens (tertiary/aromatic N) is 1. The van der Waals surface area contributed by atoms with Gasteiger partial charge in [0.05, 0.1) is 7.11 Å². The first kappa shape index (κ1) is 17.9. The maximum atomic E-state index is 12.5. The number of aliphatic carboxylic acids is 1. The van der Waals surface area contributed by atoms with Crippen LogP contribution in [0.2, 0.25) is 0 Å². The molecule has 0 spiro atoms. The number of amides is 1. The molecule has 1 amide bonds. The number of fused-ring (bicyclic) bond motifs is 3. The molecule has 26 heavy (non-hydrogen) atoms. The number of carbonyl (C=O) groups excluding carboxylic acids is 1. The summed E-state index contributed by atoms with van der Waals surface area (Å²) >= 11 is 0. The summed E-state index contributed by atoms with van der Waals surface area (Å²) in [5, 5.41) is 10.8. The molecule has 0 bridgehead atoms. The number of hydrogen-bond acceptors (Lipinski definition) is 4. The summed E-state index contributed by atoms with van der Waals surface area (Å²) in [6, 6.07) is 14.2. The van der Waals surface area contributed by atoms with Gasteiger partial charge in [-0.3, -0.25) is 4.79 Å². The quantitative estimate of drug-likeness (QED) is 0.804. The Labute approximate surface area is 152 Å². The Morgan fingerprint density at radius 2 is 1.54 bits per heavy atom. The number of methoxy groups -OCH3 is 1. The minimum Gasteiger partial charge on any atom is -0.480 e. The molecule has 0 saturated carbocycles. The molecule has 1 atom stereocenters. The molecule has 0 saturated heterocycles.